The molecule has 10 heteroatoms. The van der Waals surface area contributed by atoms with Gasteiger partial charge in [0, 0.05) is 25.9 Å². The van der Waals surface area contributed by atoms with Gasteiger partial charge >= 0.3 is 0 Å². The molecule has 10 nitrogen and oxygen atoms in total. The highest BCUT2D eigenvalue weighted by molar-refractivity contribution is 5.92. The molecule has 2 aliphatic heterocycles. The summed E-state index contributed by atoms with van der Waals surface area (Å²) < 4.78 is 13.3. The first-order valence-electron chi connectivity index (χ1n) is 19.1. The van der Waals surface area contributed by atoms with Crippen LogP contribution in [0.2, 0.25) is 0 Å². The summed E-state index contributed by atoms with van der Waals surface area (Å²) in [5.74, 6) is -1.24. The minimum absolute atomic E-state index is 0.0444. The molecule has 0 aliphatic carbocycles. The number of Topliss-reactive ketones (excluding diaryl/α,β-unsaturated/α-hetero) is 1. The molecule has 1 unspecified atom stereocenters. The van der Waals surface area contributed by atoms with Crippen LogP contribution in [0.15, 0.2) is 36.0 Å². The monoisotopic (exact) mass is 704 g/mol. The zero-order valence-corrected chi connectivity index (χ0v) is 31.9. The summed E-state index contributed by atoms with van der Waals surface area (Å²) in [5, 5.41) is 36.3. The van der Waals surface area contributed by atoms with Crippen LogP contribution < -0.4 is 10.6 Å². The van der Waals surface area contributed by atoms with E-state index in [1.54, 1.807) is 26.0 Å². The molecule has 0 aromatic carbocycles. The first kappa shape index (κ1) is 43.8. The number of ketones is 1. The van der Waals surface area contributed by atoms with Crippen molar-refractivity contribution in [3.8, 4) is 0 Å². The van der Waals surface area contributed by atoms with Crippen LogP contribution in [0.25, 0.3) is 0 Å². The second kappa shape index (κ2) is 22.5. The van der Waals surface area contributed by atoms with E-state index in [9.17, 15) is 29.7 Å². The number of hydrogen-bond donors (Lipinski definition) is 5. The highest BCUT2D eigenvalue weighted by atomic mass is 16.7. The first-order chi connectivity index (χ1) is 23.7. The molecular formula is C40H68N2O8. The van der Waals surface area contributed by atoms with Crippen molar-refractivity contribution in [2.75, 3.05) is 13.1 Å². The van der Waals surface area contributed by atoms with Gasteiger partial charge in [0.05, 0.1) is 42.9 Å². The van der Waals surface area contributed by atoms with Crippen LogP contribution in [0, 0.1) is 23.7 Å². The van der Waals surface area contributed by atoms with E-state index in [1.165, 1.54) is 0 Å². The highest BCUT2D eigenvalue weighted by Gasteiger charge is 2.44. The van der Waals surface area contributed by atoms with Gasteiger partial charge in [-0.3, -0.25) is 14.4 Å². The number of allylic oxidation sites excluding steroid dienone is 4. The Morgan fingerprint density at radius 2 is 1.66 bits per heavy atom. The first-order valence-corrected chi connectivity index (χ1v) is 19.1. The van der Waals surface area contributed by atoms with Crippen molar-refractivity contribution in [2.24, 2.45) is 23.7 Å². The molecule has 10 atom stereocenters. The van der Waals surface area contributed by atoms with Crippen molar-refractivity contribution in [3.05, 3.63) is 36.0 Å². The minimum Gasteiger partial charge on any atom is -0.392 e. The Kier molecular flexibility index (Phi) is 19.7. The molecular weight excluding hydrogens is 636 g/mol. The molecule has 50 heavy (non-hydrogen) atoms. The van der Waals surface area contributed by atoms with E-state index in [4.69, 9.17) is 9.47 Å². The number of aliphatic hydroxyl groups is 3. The zero-order valence-electron chi connectivity index (χ0n) is 31.9. The standard InChI is InChI=1S/C40H68N2O8/c1-8-13-33(44)15-10-9-14-28(3)35(45)25-38(47)42-26-36(46)31(6)39(48)41-23-12-17-37-29(4)20-22-40(50-37)21-11-16-34(49-40)19-18-27(2)24-30(5)32(7)43/h8-10,13,24,27-29,31,33-37,44-46H,11-12,14-23,25-26H2,1-7H3,(H,41,48)(H,42,47)/b10-9+,13-8+,30-24+/t27-,28-,29-,31-,33?,34-,35-,36-,37+,40-/m0/s1. The van der Waals surface area contributed by atoms with Crippen molar-refractivity contribution >= 4 is 17.6 Å². The molecule has 0 aromatic heterocycles. The predicted molar refractivity (Wildman–Crippen MR) is 197 cm³/mol. The largest absolute Gasteiger partial charge is 0.392 e. The summed E-state index contributed by atoms with van der Waals surface area (Å²) in [6, 6.07) is 0. The van der Waals surface area contributed by atoms with Gasteiger partial charge in [-0.2, -0.15) is 0 Å². The molecule has 0 aromatic rings. The average molecular weight is 705 g/mol. The lowest BCUT2D eigenvalue weighted by molar-refractivity contribution is -0.324. The lowest BCUT2D eigenvalue weighted by atomic mass is 9.85. The molecule has 0 saturated carbocycles. The summed E-state index contributed by atoms with van der Waals surface area (Å²) in [7, 11) is 0. The normalized spacial score (nSPS) is 26.8. The van der Waals surface area contributed by atoms with Crippen LogP contribution in [0.1, 0.15) is 126 Å². The second-order valence-corrected chi connectivity index (χ2v) is 15.1. The van der Waals surface area contributed by atoms with Gasteiger partial charge in [-0.15, -0.1) is 0 Å². The van der Waals surface area contributed by atoms with E-state index in [2.05, 4.69) is 30.6 Å². The van der Waals surface area contributed by atoms with E-state index in [0.29, 0.717) is 31.2 Å². The maximum Gasteiger partial charge on any atom is 0.225 e. The summed E-state index contributed by atoms with van der Waals surface area (Å²) in [4.78, 5) is 36.8. The number of amides is 2. The van der Waals surface area contributed by atoms with Crippen LogP contribution in [0.3, 0.4) is 0 Å². The Hall–Kier alpha value is -2.37. The Labute approximate surface area is 301 Å². The summed E-state index contributed by atoms with van der Waals surface area (Å²) >= 11 is 0. The van der Waals surface area contributed by atoms with Crippen LogP contribution >= 0.6 is 0 Å². The molecule has 286 valence electrons. The van der Waals surface area contributed by atoms with Gasteiger partial charge < -0.3 is 35.4 Å². The van der Waals surface area contributed by atoms with Gasteiger partial charge in [0.1, 0.15) is 0 Å². The number of rotatable bonds is 21. The topological polar surface area (TPSA) is 154 Å². The Morgan fingerprint density at radius 1 is 0.940 bits per heavy atom. The molecule has 2 aliphatic rings. The predicted octanol–water partition coefficient (Wildman–Crippen LogP) is 5.69. The molecule has 2 heterocycles. The summed E-state index contributed by atoms with van der Waals surface area (Å²) in [5.41, 5.74) is 0.814. The molecule has 5 N–H and O–H groups in total. The summed E-state index contributed by atoms with van der Waals surface area (Å²) in [6.07, 6.45) is 16.4. The van der Waals surface area contributed by atoms with E-state index < -0.39 is 30.0 Å². The maximum atomic E-state index is 12.8. The molecule has 2 amide bonds. The van der Waals surface area contributed by atoms with Gasteiger partial charge in [-0.05, 0) is 102 Å². The molecule has 0 radical (unpaired) electrons. The number of ether oxygens (including phenoxy) is 2. The Morgan fingerprint density at radius 3 is 2.36 bits per heavy atom. The fourth-order valence-electron chi connectivity index (χ4n) is 6.71. The number of aliphatic hydroxyl groups excluding tert-OH is 3. The Balaban J connectivity index is 1.70. The number of hydrogen-bond acceptors (Lipinski definition) is 8. The third kappa shape index (κ3) is 15.9. The quantitative estimate of drug-likeness (QED) is 0.0581. The molecule has 2 fully saturated rings. The van der Waals surface area contributed by atoms with Crippen LogP contribution in [0.4, 0.5) is 0 Å². The smallest absolute Gasteiger partial charge is 0.225 e. The van der Waals surface area contributed by atoms with Crippen molar-refractivity contribution < 1.29 is 39.2 Å². The molecule has 2 rings (SSSR count). The average Bonchev–Trinajstić information content (AvgIpc) is 3.07. The third-order valence-electron chi connectivity index (χ3n) is 10.5. The zero-order chi connectivity index (χ0) is 37.3. The third-order valence-corrected chi connectivity index (χ3v) is 10.5. The van der Waals surface area contributed by atoms with Crippen LogP contribution in [0.5, 0.6) is 0 Å². The van der Waals surface area contributed by atoms with Crippen LogP contribution in [-0.2, 0) is 23.9 Å². The van der Waals surface area contributed by atoms with E-state index in [0.717, 1.165) is 63.4 Å². The highest BCUT2D eigenvalue weighted by Crippen LogP contribution is 2.43. The lowest BCUT2D eigenvalue weighted by Crippen LogP contribution is -2.50. The molecule has 2 saturated heterocycles. The number of carbonyl (C=O) groups is 3. The molecule has 0 bridgehead atoms. The fraction of sp³-hybridized carbons (Fsp3) is 0.775. The van der Waals surface area contributed by atoms with E-state index in [-0.39, 0.29) is 48.7 Å². The van der Waals surface area contributed by atoms with Gasteiger partial charge in [-0.1, -0.05) is 58.1 Å². The molecule has 1 spiro atoms. The number of nitrogens with one attached hydrogen (secondary N) is 2. The van der Waals surface area contributed by atoms with Crippen molar-refractivity contribution in [1.29, 1.82) is 0 Å². The van der Waals surface area contributed by atoms with E-state index in [1.807, 2.05) is 32.9 Å². The fourth-order valence-corrected chi connectivity index (χ4v) is 6.71. The van der Waals surface area contributed by atoms with Crippen LogP contribution in [-0.4, -0.2) is 82.3 Å². The van der Waals surface area contributed by atoms with Crippen molar-refractivity contribution in [3.63, 3.8) is 0 Å². The van der Waals surface area contributed by atoms with Crippen molar-refractivity contribution in [2.45, 2.75) is 162 Å². The van der Waals surface area contributed by atoms with Crippen molar-refractivity contribution in [1.82, 2.24) is 10.6 Å². The summed E-state index contributed by atoms with van der Waals surface area (Å²) in [6.45, 7) is 13.6. The van der Waals surface area contributed by atoms with Gasteiger partial charge in [-0.25, -0.2) is 0 Å². The van der Waals surface area contributed by atoms with E-state index >= 15 is 0 Å². The minimum atomic E-state index is -1.06. The number of carbonyl (C=O) groups excluding carboxylic acids is 3. The SMILES string of the molecule is C/C=C/C(O)C/C=C/C[C@H](C)[C@@H](O)CC(=O)NC[C@H](O)[C@H](C)C(=O)NCCC[C@H]1O[C@@]2(CCC[C@@H](CC[C@H](C)/C=C(\C)C(C)=O)O2)CC[C@@H]1C. The lowest BCUT2D eigenvalue weighted by Gasteiger charge is -2.48. The second-order valence-electron chi connectivity index (χ2n) is 15.1. The maximum absolute atomic E-state index is 12.8. The van der Waals surface area contributed by atoms with Gasteiger partial charge in [0.2, 0.25) is 11.8 Å². The van der Waals surface area contributed by atoms with Gasteiger partial charge in [0.15, 0.2) is 11.6 Å². The van der Waals surface area contributed by atoms with Gasteiger partial charge in [0.25, 0.3) is 0 Å². The Bertz CT molecular complexity index is 1140.